The Bertz CT molecular complexity index is 636. The minimum atomic E-state index is -0.142. The molecular formula is C16H20N4OS. The first-order valence-corrected chi connectivity index (χ1v) is 8.51. The van der Waals surface area contributed by atoms with Gasteiger partial charge >= 0.3 is 0 Å². The topological polar surface area (TPSA) is 58.1 Å². The highest BCUT2D eigenvalue weighted by Crippen LogP contribution is 2.17. The number of aromatic nitrogens is 2. The van der Waals surface area contributed by atoms with Crippen LogP contribution in [0.5, 0.6) is 0 Å². The summed E-state index contributed by atoms with van der Waals surface area (Å²) < 4.78 is 0. The largest absolute Gasteiger partial charge is 0.346 e. The number of carbonyl (C=O) groups excluding carboxylic acids is 1. The van der Waals surface area contributed by atoms with E-state index >= 15 is 0 Å². The van der Waals surface area contributed by atoms with Gasteiger partial charge in [0.25, 0.3) is 5.91 Å². The van der Waals surface area contributed by atoms with Crippen molar-refractivity contribution in [3.63, 3.8) is 0 Å². The Morgan fingerprint density at radius 2 is 2.14 bits per heavy atom. The van der Waals surface area contributed by atoms with Crippen LogP contribution in [-0.2, 0) is 6.54 Å². The van der Waals surface area contributed by atoms with E-state index in [1.165, 1.54) is 6.42 Å². The predicted molar refractivity (Wildman–Crippen MR) is 88.3 cm³/mol. The van der Waals surface area contributed by atoms with Crippen molar-refractivity contribution in [2.75, 3.05) is 18.0 Å². The number of thiophene rings is 1. The minimum absolute atomic E-state index is 0.142. The number of nitrogens with zero attached hydrogens (tertiary/aromatic N) is 3. The van der Waals surface area contributed by atoms with Crippen LogP contribution in [0.15, 0.2) is 23.6 Å². The standard InChI is InChI=1S/C16H20N4OS/c1-12-10-14(15(21)17-11-13-6-5-9-22-13)19-16(18-12)20-7-3-2-4-8-20/h5-6,9-10H,2-4,7-8,11H2,1H3,(H,17,21). The van der Waals surface area contributed by atoms with Crippen molar-refractivity contribution in [1.29, 1.82) is 0 Å². The second-order valence-corrected chi connectivity index (χ2v) is 6.54. The first-order valence-electron chi connectivity index (χ1n) is 7.63. The zero-order chi connectivity index (χ0) is 15.4. The molecule has 0 aromatic carbocycles. The van der Waals surface area contributed by atoms with E-state index in [4.69, 9.17) is 0 Å². The summed E-state index contributed by atoms with van der Waals surface area (Å²) in [6.45, 7) is 4.39. The van der Waals surface area contributed by atoms with E-state index in [2.05, 4.69) is 20.2 Å². The van der Waals surface area contributed by atoms with Gasteiger partial charge in [-0.3, -0.25) is 4.79 Å². The van der Waals surface area contributed by atoms with Crippen molar-refractivity contribution in [3.05, 3.63) is 39.8 Å². The molecule has 0 saturated carbocycles. The van der Waals surface area contributed by atoms with Gasteiger partial charge in [-0.2, -0.15) is 0 Å². The Kier molecular flexibility index (Phi) is 4.68. The quantitative estimate of drug-likeness (QED) is 0.942. The summed E-state index contributed by atoms with van der Waals surface area (Å²) >= 11 is 1.63. The summed E-state index contributed by atoms with van der Waals surface area (Å²) in [6.07, 6.45) is 3.59. The molecular weight excluding hydrogens is 296 g/mol. The number of rotatable bonds is 4. The van der Waals surface area contributed by atoms with Crippen LogP contribution < -0.4 is 10.2 Å². The highest BCUT2D eigenvalue weighted by Gasteiger charge is 2.17. The van der Waals surface area contributed by atoms with E-state index in [9.17, 15) is 4.79 Å². The lowest BCUT2D eigenvalue weighted by atomic mass is 10.1. The molecule has 1 N–H and O–H groups in total. The van der Waals surface area contributed by atoms with Crippen LogP contribution in [0.3, 0.4) is 0 Å². The fraction of sp³-hybridized carbons (Fsp3) is 0.438. The molecule has 1 aliphatic rings. The fourth-order valence-corrected chi connectivity index (χ4v) is 3.22. The Morgan fingerprint density at radius 1 is 1.32 bits per heavy atom. The number of hydrogen-bond donors (Lipinski definition) is 1. The van der Waals surface area contributed by atoms with Crippen LogP contribution in [0, 0.1) is 6.92 Å². The molecule has 2 aromatic rings. The van der Waals surface area contributed by atoms with Crippen LogP contribution >= 0.6 is 11.3 Å². The number of amides is 1. The van der Waals surface area contributed by atoms with Crippen molar-refractivity contribution in [2.24, 2.45) is 0 Å². The number of nitrogens with one attached hydrogen (secondary N) is 1. The van der Waals surface area contributed by atoms with Gasteiger partial charge < -0.3 is 10.2 Å². The van der Waals surface area contributed by atoms with Gasteiger partial charge in [-0.15, -0.1) is 11.3 Å². The maximum absolute atomic E-state index is 12.3. The van der Waals surface area contributed by atoms with Gasteiger partial charge in [0.05, 0.1) is 6.54 Å². The average molecular weight is 316 g/mol. The molecule has 22 heavy (non-hydrogen) atoms. The number of piperidine rings is 1. The summed E-state index contributed by atoms with van der Waals surface area (Å²) in [5.41, 5.74) is 1.28. The lowest BCUT2D eigenvalue weighted by Gasteiger charge is -2.27. The van der Waals surface area contributed by atoms with Crippen LogP contribution in [0.4, 0.5) is 5.95 Å². The first-order chi connectivity index (χ1) is 10.7. The van der Waals surface area contributed by atoms with E-state index in [1.807, 2.05) is 24.4 Å². The molecule has 3 rings (SSSR count). The lowest BCUT2D eigenvalue weighted by Crippen LogP contribution is -2.32. The van der Waals surface area contributed by atoms with Gasteiger partial charge in [0.2, 0.25) is 5.95 Å². The van der Waals surface area contributed by atoms with Gasteiger partial charge in [-0.25, -0.2) is 9.97 Å². The maximum Gasteiger partial charge on any atom is 0.270 e. The van der Waals surface area contributed by atoms with Crippen molar-refractivity contribution >= 4 is 23.2 Å². The van der Waals surface area contributed by atoms with Crippen molar-refractivity contribution < 1.29 is 4.79 Å². The smallest absolute Gasteiger partial charge is 0.270 e. The summed E-state index contributed by atoms with van der Waals surface area (Å²) in [4.78, 5) is 24.6. The minimum Gasteiger partial charge on any atom is -0.346 e. The molecule has 1 amide bonds. The molecule has 0 spiro atoms. The monoisotopic (exact) mass is 316 g/mol. The molecule has 0 aliphatic carbocycles. The number of aryl methyl sites for hydroxylation is 1. The zero-order valence-corrected chi connectivity index (χ0v) is 13.5. The van der Waals surface area contributed by atoms with Gasteiger partial charge in [0, 0.05) is 23.7 Å². The number of carbonyl (C=O) groups is 1. The van der Waals surface area contributed by atoms with Crippen LogP contribution in [0.2, 0.25) is 0 Å². The van der Waals surface area contributed by atoms with Gasteiger partial charge in [-0.05, 0) is 43.7 Å². The molecule has 6 heteroatoms. The molecule has 0 bridgehead atoms. The lowest BCUT2D eigenvalue weighted by molar-refractivity contribution is 0.0946. The molecule has 116 valence electrons. The van der Waals surface area contributed by atoms with E-state index in [-0.39, 0.29) is 5.91 Å². The summed E-state index contributed by atoms with van der Waals surface area (Å²) in [5.74, 6) is 0.540. The second kappa shape index (κ2) is 6.87. The summed E-state index contributed by atoms with van der Waals surface area (Å²) in [7, 11) is 0. The summed E-state index contributed by atoms with van der Waals surface area (Å²) in [6, 6.07) is 5.74. The molecule has 1 fully saturated rings. The van der Waals surface area contributed by atoms with Crippen LogP contribution in [0.25, 0.3) is 0 Å². The molecule has 3 heterocycles. The Balaban J connectivity index is 1.72. The Morgan fingerprint density at radius 3 is 2.86 bits per heavy atom. The van der Waals surface area contributed by atoms with Crippen molar-refractivity contribution in [2.45, 2.75) is 32.7 Å². The molecule has 0 atom stereocenters. The number of anilines is 1. The van der Waals surface area contributed by atoms with Gasteiger partial charge in [0.1, 0.15) is 5.69 Å². The van der Waals surface area contributed by atoms with Crippen molar-refractivity contribution in [3.8, 4) is 0 Å². The molecule has 0 radical (unpaired) electrons. The third-order valence-electron chi connectivity index (χ3n) is 3.72. The highest BCUT2D eigenvalue weighted by molar-refractivity contribution is 7.09. The number of hydrogen-bond acceptors (Lipinski definition) is 5. The predicted octanol–water partition coefficient (Wildman–Crippen LogP) is 2.77. The third-order valence-corrected chi connectivity index (χ3v) is 4.59. The normalized spacial score (nSPS) is 14.9. The van der Waals surface area contributed by atoms with Gasteiger partial charge in [-0.1, -0.05) is 6.07 Å². The molecule has 2 aromatic heterocycles. The summed E-state index contributed by atoms with van der Waals surface area (Å²) in [5, 5.41) is 4.93. The zero-order valence-electron chi connectivity index (χ0n) is 12.7. The van der Waals surface area contributed by atoms with Gasteiger partial charge in [0.15, 0.2) is 0 Å². The average Bonchev–Trinajstić information content (AvgIpc) is 3.06. The third kappa shape index (κ3) is 3.62. The second-order valence-electron chi connectivity index (χ2n) is 5.50. The highest BCUT2D eigenvalue weighted by atomic mass is 32.1. The molecule has 5 nitrogen and oxygen atoms in total. The van der Waals surface area contributed by atoms with E-state index in [1.54, 1.807) is 17.4 Å². The van der Waals surface area contributed by atoms with E-state index < -0.39 is 0 Å². The SMILES string of the molecule is Cc1cc(C(=O)NCc2cccs2)nc(N2CCCCC2)n1. The Labute approximate surface area is 134 Å². The van der Waals surface area contributed by atoms with E-state index in [0.717, 1.165) is 36.5 Å². The maximum atomic E-state index is 12.3. The molecule has 1 saturated heterocycles. The Hall–Kier alpha value is -1.95. The van der Waals surface area contributed by atoms with Crippen LogP contribution in [0.1, 0.15) is 40.3 Å². The fourth-order valence-electron chi connectivity index (χ4n) is 2.58. The first kappa shape index (κ1) is 15.0. The molecule has 1 aliphatic heterocycles. The van der Waals surface area contributed by atoms with E-state index in [0.29, 0.717) is 18.2 Å². The molecule has 0 unspecified atom stereocenters. The van der Waals surface area contributed by atoms with Crippen molar-refractivity contribution in [1.82, 2.24) is 15.3 Å². The van der Waals surface area contributed by atoms with Crippen LogP contribution in [-0.4, -0.2) is 29.0 Å².